The quantitative estimate of drug-likeness (QED) is 0.887. The molecule has 1 aliphatic heterocycles. The summed E-state index contributed by atoms with van der Waals surface area (Å²) in [4.78, 5) is 26.0. The van der Waals surface area contributed by atoms with Crippen LogP contribution in [0.5, 0.6) is 0 Å². The van der Waals surface area contributed by atoms with Gasteiger partial charge in [-0.15, -0.1) is 0 Å². The summed E-state index contributed by atoms with van der Waals surface area (Å²) in [6.07, 6.45) is 2.16. The van der Waals surface area contributed by atoms with Gasteiger partial charge in [-0.05, 0) is 43.5 Å². The molecule has 2 rings (SSSR count). The molecule has 1 heterocycles. The number of anilines is 1. The van der Waals surface area contributed by atoms with Crippen LogP contribution in [0.3, 0.4) is 0 Å². The molecule has 2 amide bonds. The van der Waals surface area contributed by atoms with Crippen molar-refractivity contribution in [2.24, 2.45) is 11.7 Å². The van der Waals surface area contributed by atoms with E-state index in [0.717, 1.165) is 37.2 Å². The van der Waals surface area contributed by atoms with Crippen LogP contribution < -0.4 is 11.1 Å². The number of nitrogens with zero attached hydrogens (tertiary/aromatic N) is 1. The molecule has 0 radical (unpaired) electrons. The van der Waals surface area contributed by atoms with E-state index < -0.39 is 0 Å². The summed E-state index contributed by atoms with van der Waals surface area (Å²) >= 11 is 0. The Kier molecular flexibility index (Phi) is 4.96. The molecule has 1 unspecified atom stereocenters. The van der Waals surface area contributed by atoms with E-state index in [1.54, 1.807) is 19.1 Å². The average Bonchev–Trinajstić information content (AvgIpc) is 3.01. The molecule has 0 saturated carbocycles. The van der Waals surface area contributed by atoms with Gasteiger partial charge in [0.15, 0.2) is 0 Å². The van der Waals surface area contributed by atoms with Crippen LogP contribution >= 0.6 is 0 Å². The number of hydrogen-bond acceptors (Lipinski definition) is 3. The number of amides is 2. The monoisotopic (exact) mass is 289 g/mol. The molecule has 1 aromatic rings. The van der Waals surface area contributed by atoms with Gasteiger partial charge in [0.05, 0.1) is 0 Å². The van der Waals surface area contributed by atoms with Crippen LogP contribution in [0.25, 0.3) is 0 Å². The van der Waals surface area contributed by atoms with E-state index in [9.17, 15) is 9.59 Å². The fourth-order valence-corrected chi connectivity index (χ4v) is 2.40. The Morgan fingerprint density at radius 2 is 2.00 bits per heavy atom. The van der Waals surface area contributed by atoms with Crippen molar-refractivity contribution in [3.63, 3.8) is 0 Å². The van der Waals surface area contributed by atoms with Crippen LogP contribution in [0.15, 0.2) is 18.2 Å². The highest BCUT2D eigenvalue weighted by atomic mass is 16.2. The van der Waals surface area contributed by atoms with Gasteiger partial charge in [0.2, 0.25) is 5.91 Å². The molecule has 3 N–H and O–H groups in total. The second-order valence-corrected chi connectivity index (χ2v) is 5.66. The third-order valence-electron chi connectivity index (χ3n) is 3.93. The summed E-state index contributed by atoms with van der Waals surface area (Å²) in [5.41, 5.74) is 7.79. The molecular formula is C16H23N3O2. The number of carbonyl (C=O) groups is 2. The molecule has 5 nitrogen and oxygen atoms in total. The van der Waals surface area contributed by atoms with E-state index in [1.165, 1.54) is 0 Å². The first-order valence-electron chi connectivity index (χ1n) is 7.43. The third-order valence-corrected chi connectivity index (χ3v) is 3.93. The molecule has 1 aliphatic rings. The molecule has 0 spiro atoms. The highest BCUT2D eigenvalue weighted by Gasteiger charge is 2.20. The summed E-state index contributed by atoms with van der Waals surface area (Å²) in [7, 11) is 0. The lowest BCUT2D eigenvalue weighted by molar-refractivity contribution is -0.119. The summed E-state index contributed by atoms with van der Waals surface area (Å²) in [5, 5.41) is 2.85. The Hall–Kier alpha value is -1.88. The topological polar surface area (TPSA) is 75.4 Å². The van der Waals surface area contributed by atoms with Gasteiger partial charge in [0.25, 0.3) is 5.91 Å². The molecule has 21 heavy (non-hydrogen) atoms. The van der Waals surface area contributed by atoms with Crippen molar-refractivity contribution < 1.29 is 9.59 Å². The summed E-state index contributed by atoms with van der Waals surface area (Å²) < 4.78 is 0. The molecule has 1 atom stereocenters. The van der Waals surface area contributed by atoms with Crippen molar-refractivity contribution in [1.82, 2.24) is 4.90 Å². The van der Waals surface area contributed by atoms with Crippen molar-refractivity contribution in [3.8, 4) is 0 Å². The Labute approximate surface area is 125 Å². The minimum absolute atomic E-state index is 0.0730. The summed E-state index contributed by atoms with van der Waals surface area (Å²) in [6.45, 7) is 5.67. The Morgan fingerprint density at radius 1 is 1.33 bits per heavy atom. The van der Waals surface area contributed by atoms with Gasteiger partial charge in [0.1, 0.15) is 0 Å². The van der Waals surface area contributed by atoms with Crippen LogP contribution in [-0.2, 0) is 4.79 Å². The highest BCUT2D eigenvalue weighted by molar-refractivity contribution is 5.97. The number of nitrogens with one attached hydrogen (secondary N) is 1. The summed E-state index contributed by atoms with van der Waals surface area (Å²) in [5.74, 6) is -0.252. The van der Waals surface area contributed by atoms with Gasteiger partial charge in [-0.25, -0.2) is 0 Å². The number of nitrogens with two attached hydrogens (primary N) is 1. The van der Waals surface area contributed by atoms with Crippen molar-refractivity contribution in [1.29, 1.82) is 0 Å². The fraction of sp³-hybridized carbons (Fsp3) is 0.500. The SMILES string of the molecule is Cc1cc(C(=O)N2CCCC2)ccc1NC(=O)C(C)CN. The van der Waals surface area contributed by atoms with Crippen LogP contribution in [0, 0.1) is 12.8 Å². The standard InChI is InChI=1S/C16H23N3O2/c1-11-9-13(16(21)19-7-3-4-8-19)5-6-14(11)18-15(20)12(2)10-17/h5-6,9,12H,3-4,7-8,10,17H2,1-2H3,(H,18,20). The maximum atomic E-state index is 12.3. The molecular weight excluding hydrogens is 266 g/mol. The second kappa shape index (κ2) is 6.72. The largest absolute Gasteiger partial charge is 0.339 e. The Morgan fingerprint density at radius 3 is 2.57 bits per heavy atom. The van der Waals surface area contributed by atoms with Crippen molar-refractivity contribution in [2.45, 2.75) is 26.7 Å². The minimum atomic E-state index is -0.227. The van der Waals surface area contributed by atoms with E-state index in [2.05, 4.69) is 5.32 Å². The lowest BCUT2D eigenvalue weighted by atomic mass is 10.1. The van der Waals surface area contributed by atoms with Gasteiger partial charge in [-0.1, -0.05) is 6.92 Å². The lowest BCUT2D eigenvalue weighted by Crippen LogP contribution is -2.28. The number of carbonyl (C=O) groups excluding carboxylic acids is 2. The van der Waals surface area contributed by atoms with Crippen LogP contribution in [0.1, 0.15) is 35.7 Å². The van der Waals surface area contributed by atoms with Crippen LogP contribution in [0.2, 0.25) is 0 Å². The molecule has 114 valence electrons. The predicted molar refractivity (Wildman–Crippen MR) is 83.2 cm³/mol. The highest BCUT2D eigenvalue weighted by Crippen LogP contribution is 2.20. The van der Waals surface area contributed by atoms with E-state index >= 15 is 0 Å². The predicted octanol–water partition coefficient (Wildman–Crippen LogP) is 1.76. The average molecular weight is 289 g/mol. The molecule has 0 aliphatic carbocycles. The zero-order chi connectivity index (χ0) is 15.4. The molecule has 0 bridgehead atoms. The zero-order valence-electron chi connectivity index (χ0n) is 12.7. The van der Waals surface area contributed by atoms with Gasteiger partial charge in [-0.3, -0.25) is 9.59 Å². The number of benzene rings is 1. The Balaban J connectivity index is 2.10. The van der Waals surface area contributed by atoms with Crippen molar-refractivity contribution in [2.75, 3.05) is 25.0 Å². The van der Waals surface area contributed by atoms with Gasteiger partial charge in [0, 0.05) is 36.8 Å². The minimum Gasteiger partial charge on any atom is -0.339 e. The van der Waals surface area contributed by atoms with Gasteiger partial charge in [-0.2, -0.15) is 0 Å². The first kappa shape index (κ1) is 15.5. The van der Waals surface area contributed by atoms with Crippen LogP contribution in [-0.4, -0.2) is 36.3 Å². The number of aryl methyl sites for hydroxylation is 1. The molecule has 1 fully saturated rings. The van der Waals surface area contributed by atoms with Crippen molar-refractivity contribution in [3.05, 3.63) is 29.3 Å². The maximum absolute atomic E-state index is 12.3. The smallest absolute Gasteiger partial charge is 0.253 e. The van der Waals surface area contributed by atoms with E-state index in [-0.39, 0.29) is 17.7 Å². The molecule has 1 saturated heterocycles. The zero-order valence-corrected chi connectivity index (χ0v) is 12.7. The van der Waals surface area contributed by atoms with Gasteiger partial charge >= 0.3 is 0 Å². The van der Waals surface area contributed by atoms with E-state index in [4.69, 9.17) is 5.73 Å². The number of rotatable bonds is 4. The molecule has 5 heteroatoms. The fourth-order valence-electron chi connectivity index (χ4n) is 2.40. The maximum Gasteiger partial charge on any atom is 0.253 e. The molecule has 0 aromatic heterocycles. The number of hydrogen-bond donors (Lipinski definition) is 2. The summed E-state index contributed by atoms with van der Waals surface area (Å²) in [6, 6.07) is 5.40. The van der Waals surface area contributed by atoms with Gasteiger partial charge < -0.3 is 16.0 Å². The third kappa shape index (κ3) is 3.61. The normalized spacial score (nSPS) is 15.9. The van der Waals surface area contributed by atoms with Crippen molar-refractivity contribution >= 4 is 17.5 Å². The first-order valence-corrected chi connectivity index (χ1v) is 7.43. The lowest BCUT2D eigenvalue weighted by Gasteiger charge is -2.17. The second-order valence-electron chi connectivity index (χ2n) is 5.66. The molecule has 1 aromatic carbocycles. The number of likely N-dealkylation sites (tertiary alicyclic amines) is 1. The van der Waals surface area contributed by atoms with Crippen LogP contribution in [0.4, 0.5) is 5.69 Å². The Bertz CT molecular complexity index is 536. The first-order chi connectivity index (χ1) is 10.0. The van der Waals surface area contributed by atoms with E-state index in [0.29, 0.717) is 12.1 Å². The van der Waals surface area contributed by atoms with E-state index in [1.807, 2.05) is 17.9 Å².